The summed E-state index contributed by atoms with van der Waals surface area (Å²) >= 11 is 12.6. The molecular formula is C21H12Cl2N2O2. The fourth-order valence-corrected chi connectivity index (χ4v) is 3.41. The molecule has 4 rings (SSSR count). The van der Waals surface area contributed by atoms with Crippen molar-refractivity contribution in [2.45, 2.75) is 0 Å². The minimum Gasteiger partial charge on any atom is -0.258 e. The second kappa shape index (κ2) is 6.99. The Morgan fingerprint density at radius 2 is 1.59 bits per heavy atom. The molecule has 4 aromatic rings. The van der Waals surface area contributed by atoms with Gasteiger partial charge in [0.05, 0.1) is 16.1 Å². The Labute approximate surface area is 165 Å². The second-order valence-electron chi connectivity index (χ2n) is 6.00. The third-order valence-corrected chi connectivity index (χ3v) is 4.87. The molecular weight excluding hydrogens is 383 g/mol. The molecule has 0 saturated heterocycles. The molecule has 0 spiro atoms. The number of non-ortho nitro benzene ring substituents is 1. The van der Waals surface area contributed by atoms with Crippen LogP contribution in [0.25, 0.3) is 33.3 Å². The summed E-state index contributed by atoms with van der Waals surface area (Å²) in [6.45, 7) is 0. The fourth-order valence-electron chi connectivity index (χ4n) is 3.00. The Balaban J connectivity index is 1.97. The molecule has 0 bridgehead atoms. The first-order chi connectivity index (χ1) is 13.0. The van der Waals surface area contributed by atoms with Gasteiger partial charge in [0.2, 0.25) is 0 Å². The van der Waals surface area contributed by atoms with Gasteiger partial charge in [-0.1, -0.05) is 41.4 Å². The van der Waals surface area contributed by atoms with Crippen molar-refractivity contribution in [3.63, 3.8) is 0 Å². The van der Waals surface area contributed by atoms with Crippen molar-refractivity contribution in [2.24, 2.45) is 0 Å². The Morgan fingerprint density at radius 1 is 0.852 bits per heavy atom. The predicted molar refractivity (Wildman–Crippen MR) is 109 cm³/mol. The predicted octanol–water partition coefficient (Wildman–Crippen LogP) is 6.78. The summed E-state index contributed by atoms with van der Waals surface area (Å²) < 4.78 is 0. The van der Waals surface area contributed by atoms with Crippen molar-refractivity contribution in [1.82, 2.24) is 4.98 Å². The highest BCUT2D eigenvalue weighted by molar-refractivity contribution is 6.34. The minimum atomic E-state index is -0.422. The molecule has 6 heteroatoms. The molecule has 0 saturated carbocycles. The van der Waals surface area contributed by atoms with E-state index in [4.69, 9.17) is 28.2 Å². The van der Waals surface area contributed by atoms with Crippen LogP contribution in [0.4, 0.5) is 5.69 Å². The summed E-state index contributed by atoms with van der Waals surface area (Å²) in [5.41, 5.74) is 4.07. The lowest BCUT2D eigenvalue weighted by Gasteiger charge is -2.12. The van der Waals surface area contributed by atoms with Gasteiger partial charge in [-0.05, 0) is 48.0 Å². The monoisotopic (exact) mass is 394 g/mol. The zero-order valence-corrected chi connectivity index (χ0v) is 15.4. The number of pyridine rings is 1. The largest absolute Gasteiger partial charge is 0.269 e. The van der Waals surface area contributed by atoms with Crippen LogP contribution in [0.2, 0.25) is 10.0 Å². The smallest absolute Gasteiger partial charge is 0.258 e. The van der Waals surface area contributed by atoms with Crippen LogP contribution in [0, 0.1) is 10.1 Å². The minimum absolute atomic E-state index is 0.0395. The van der Waals surface area contributed by atoms with E-state index < -0.39 is 4.92 Å². The number of nitrogens with zero attached hydrogens (tertiary/aromatic N) is 2. The maximum absolute atomic E-state index is 10.9. The van der Waals surface area contributed by atoms with Crippen molar-refractivity contribution in [1.29, 1.82) is 0 Å². The molecule has 1 heterocycles. The average molecular weight is 395 g/mol. The van der Waals surface area contributed by atoms with E-state index in [1.807, 2.05) is 42.5 Å². The standard InChI is InChI=1S/C21H12Cl2N2O2/c22-14-7-10-20-18(11-14)17(16-3-1-2-4-19(16)23)12-21(24-20)13-5-8-15(9-6-13)25(26)27/h1-12H. The van der Waals surface area contributed by atoms with Gasteiger partial charge in [0.25, 0.3) is 5.69 Å². The first-order valence-electron chi connectivity index (χ1n) is 8.13. The number of hydrogen-bond acceptors (Lipinski definition) is 3. The summed E-state index contributed by atoms with van der Waals surface area (Å²) in [7, 11) is 0. The first kappa shape index (κ1) is 17.5. The van der Waals surface area contributed by atoms with E-state index in [0.717, 1.165) is 27.6 Å². The van der Waals surface area contributed by atoms with Crippen molar-refractivity contribution in [3.05, 3.63) is 93.0 Å². The molecule has 3 aromatic carbocycles. The van der Waals surface area contributed by atoms with E-state index in [0.29, 0.717) is 15.7 Å². The molecule has 0 unspecified atom stereocenters. The number of nitro benzene ring substituents is 1. The molecule has 0 aliphatic carbocycles. The van der Waals surface area contributed by atoms with Gasteiger partial charge < -0.3 is 0 Å². The zero-order chi connectivity index (χ0) is 19.0. The highest BCUT2D eigenvalue weighted by Crippen LogP contribution is 2.36. The molecule has 0 fully saturated rings. The molecule has 4 nitrogen and oxygen atoms in total. The van der Waals surface area contributed by atoms with Crippen LogP contribution < -0.4 is 0 Å². The van der Waals surface area contributed by atoms with Crippen LogP contribution in [0.5, 0.6) is 0 Å². The highest BCUT2D eigenvalue weighted by atomic mass is 35.5. The van der Waals surface area contributed by atoms with Crippen molar-refractivity contribution < 1.29 is 4.92 Å². The van der Waals surface area contributed by atoms with Gasteiger partial charge in [-0.3, -0.25) is 10.1 Å². The van der Waals surface area contributed by atoms with Crippen molar-refractivity contribution in [2.75, 3.05) is 0 Å². The van der Waals surface area contributed by atoms with Gasteiger partial charge in [-0.2, -0.15) is 0 Å². The van der Waals surface area contributed by atoms with Crippen LogP contribution in [0.15, 0.2) is 72.8 Å². The first-order valence-corrected chi connectivity index (χ1v) is 8.88. The molecule has 0 aliphatic heterocycles. The second-order valence-corrected chi connectivity index (χ2v) is 6.84. The van der Waals surface area contributed by atoms with Gasteiger partial charge >= 0.3 is 0 Å². The Bertz CT molecular complexity index is 1170. The van der Waals surface area contributed by atoms with Gasteiger partial charge in [-0.25, -0.2) is 4.98 Å². The van der Waals surface area contributed by atoms with E-state index in [2.05, 4.69) is 0 Å². The van der Waals surface area contributed by atoms with E-state index >= 15 is 0 Å². The third-order valence-electron chi connectivity index (χ3n) is 4.31. The topological polar surface area (TPSA) is 56.0 Å². The number of hydrogen-bond donors (Lipinski definition) is 0. The van der Waals surface area contributed by atoms with Crippen LogP contribution in [-0.4, -0.2) is 9.91 Å². The third kappa shape index (κ3) is 3.37. The summed E-state index contributed by atoms with van der Waals surface area (Å²) in [6, 6.07) is 21.3. The van der Waals surface area contributed by atoms with Crippen LogP contribution >= 0.6 is 23.2 Å². The molecule has 0 N–H and O–H groups in total. The van der Waals surface area contributed by atoms with E-state index in [-0.39, 0.29) is 5.69 Å². The Hall–Kier alpha value is -2.95. The SMILES string of the molecule is O=[N+]([O-])c1ccc(-c2cc(-c3ccccc3Cl)c3cc(Cl)ccc3n2)cc1. The van der Waals surface area contributed by atoms with E-state index in [1.54, 1.807) is 18.2 Å². The maximum atomic E-state index is 10.9. The van der Waals surface area contributed by atoms with Gasteiger partial charge in [0, 0.05) is 38.7 Å². The zero-order valence-electron chi connectivity index (χ0n) is 13.9. The number of halogens is 2. The number of nitro groups is 1. The van der Waals surface area contributed by atoms with Crippen LogP contribution in [-0.2, 0) is 0 Å². The Kier molecular flexibility index (Phi) is 4.52. The highest BCUT2D eigenvalue weighted by Gasteiger charge is 2.13. The quantitative estimate of drug-likeness (QED) is 0.284. The molecule has 0 atom stereocenters. The Morgan fingerprint density at radius 3 is 2.30 bits per heavy atom. The fraction of sp³-hybridized carbons (Fsp3) is 0. The molecule has 0 radical (unpaired) electrons. The van der Waals surface area contributed by atoms with E-state index in [1.165, 1.54) is 12.1 Å². The number of rotatable bonds is 3. The summed E-state index contributed by atoms with van der Waals surface area (Å²) in [5, 5.41) is 13.0. The average Bonchev–Trinajstić information content (AvgIpc) is 2.68. The van der Waals surface area contributed by atoms with Gasteiger partial charge in [0.1, 0.15) is 0 Å². The summed E-state index contributed by atoms with van der Waals surface area (Å²) in [4.78, 5) is 15.2. The number of fused-ring (bicyclic) bond motifs is 1. The van der Waals surface area contributed by atoms with Crippen LogP contribution in [0.1, 0.15) is 0 Å². The summed E-state index contributed by atoms with van der Waals surface area (Å²) in [5.74, 6) is 0. The molecule has 0 amide bonds. The molecule has 1 aromatic heterocycles. The van der Waals surface area contributed by atoms with E-state index in [9.17, 15) is 10.1 Å². The normalized spacial score (nSPS) is 10.9. The van der Waals surface area contributed by atoms with Crippen LogP contribution in [0.3, 0.4) is 0 Å². The molecule has 132 valence electrons. The maximum Gasteiger partial charge on any atom is 0.269 e. The molecule has 0 aliphatic rings. The number of aromatic nitrogens is 1. The lowest BCUT2D eigenvalue weighted by Crippen LogP contribution is -1.92. The lowest BCUT2D eigenvalue weighted by atomic mass is 9.98. The van der Waals surface area contributed by atoms with Crippen molar-refractivity contribution >= 4 is 39.8 Å². The van der Waals surface area contributed by atoms with Gasteiger partial charge in [0.15, 0.2) is 0 Å². The summed E-state index contributed by atoms with van der Waals surface area (Å²) in [6.07, 6.45) is 0. The van der Waals surface area contributed by atoms with Gasteiger partial charge in [-0.15, -0.1) is 0 Å². The lowest BCUT2D eigenvalue weighted by molar-refractivity contribution is -0.384. The molecule has 27 heavy (non-hydrogen) atoms. The number of benzene rings is 3. The van der Waals surface area contributed by atoms with Crippen molar-refractivity contribution in [3.8, 4) is 22.4 Å².